The van der Waals surface area contributed by atoms with Crippen molar-refractivity contribution in [1.82, 2.24) is 0 Å². The minimum Gasteiger partial charge on any atom is -0.497 e. The molecule has 0 spiro atoms. The van der Waals surface area contributed by atoms with Gasteiger partial charge in [0.15, 0.2) is 0 Å². The Kier molecular flexibility index (Phi) is 4.54. The minimum absolute atomic E-state index is 0.405. The lowest BCUT2D eigenvalue weighted by atomic mass is 10.3. The summed E-state index contributed by atoms with van der Waals surface area (Å²) in [6.07, 6.45) is 1.66. The SMILES string of the molecule is COc1cc(Cl)cc(NC(=O)/C=C/C(=O)O)c1. The molecule has 0 aliphatic rings. The Morgan fingerprint density at radius 3 is 2.65 bits per heavy atom. The fourth-order valence-corrected chi connectivity index (χ4v) is 1.31. The van der Waals surface area contributed by atoms with Gasteiger partial charge < -0.3 is 15.2 Å². The molecule has 17 heavy (non-hydrogen) atoms. The first-order valence-corrected chi connectivity index (χ1v) is 4.95. The molecule has 6 heteroatoms. The van der Waals surface area contributed by atoms with Crippen LogP contribution in [0.2, 0.25) is 5.02 Å². The molecule has 0 aliphatic heterocycles. The number of carbonyl (C=O) groups excluding carboxylic acids is 1. The summed E-state index contributed by atoms with van der Waals surface area (Å²) in [5.41, 5.74) is 0.425. The lowest BCUT2D eigenvalue weighted by molar-refractivity contribution is -0.131. The van der Waals surface area contributed by atoms with Gasteiger partial charge in [-0.1, -0.05) is 11.6 Å². The number of halogens is 1. The average molecular weight is 256 g/mol. The fraction of sp³-hybridized carbons (Fsp3) is 0.0909. The molecule has 0 atom stereocenters. The maximum absolute atomic E-state index is 11.3. The van der Waals surface area contributed by atoms with Gasteiger partial charge in [0.1, 0.15) is 5.75 Å². The van der Waals surface area contributed by atoms with E-state index < -0.39 is 11.9 Å². The van der Waals surface area contributed by atoms with Gasteiger partial charge in [-0.3, -0.25) is 4.79 Å². The summed E-state index contributed by atoms with van der Waals surface area (Å²) in [6, 6.07) is 4.68. The Morgan fingerprint density at radius 1 is 1.35 bits per heavy atom. The highest BCUT2D eigenvalue weighted by atomic mass is 35.5. The molecule has 90 valence electrons. The molecule has 1 amide bonds. The van der Waals surface area contributed by atoms with Crippen molar-refractivity contribution in [1.29, 1.82) is 0 Å². The average Bonchev–Trinajstić information content (AvgIpc) is 2.25. The molecule has 0 saturated heterocycles. The third-order valence-electron chi connectivity index (χ3n) is 1.75. The van der Waals surface area contributed by atoms with Crippen LogP contribution >= 0.6 is 11.6 Å². The number of nitrogens with one attached hydrogen (secondary N) is 1. The van der Waals surface area contributed by atoms with E-state index in [0.717, 1.165) is 12.2 Å². The second kappa shape index (κ2) is 5.91. The number of methoxy groups -OCH3 is 1. The predicted molar refractivity (Wildman–Crippen MR) is 63.4 cm³/mol. The maximum Gasteiger partial charge on any atom is 0.328 e. The Labute approximate surface area is 103 Å². The van der Waals surface area contributed by atoms with E-state index in [-0.39, 0.29) is 0 Å². The Morgan fingerprint density at radius 2 is 2.06 bits per heavy atom. The standard InChI is InChI=1S/C11H10ClNO4/c1-17-9-5-7(12)4-8(6-9)13-10(14)2-3-11(15)16/h2-6H,1H3,(H,13,14)(H,15,16)/b3-2+. The van der Waals surface area contributed by atoms with E-state index in [0.29, 0.717) is 16.5 Å². The summed E-state index contributed by atoms with van der Waals surface area (Å²) in [5, 5.41) is 11.2. The fourth-order valence-electron chi connectivity index (χ4n) is 1.08. The minimum atomic E-state index is -1.19. The molecule has 1 rings (SSSR count). The summed E-state index contributed by atoms with van der Waals surface area (Å²) in [4.78, 5) is 21.5. The number of amides is 1. The molecule has 2 N–H and O–H groups in total. The molecule has 0 bridgehead atoms. The van der Waals surface area contributed by atoms with E-state index in [1.807, 2.05) is 0 Å². The quantitative estimate of drug-likeness (QED) is 0.806. The van der Waals surface area contributed by atoms with E-state index in [1.165, 1.54) is 13.2 Å². The summed E-state index contributed by atoms with van der Waals surface area (Å²) < 4.78 is 4.97. The molecule has 0 heterocycles. The van der Waals surface area contributed by atoms with E-state index in [9.17, 15) is 9.59 Å². The van der Waals surface area contributed by atoms with Gasteiger partial charge in [-0.05, 0) is 12.1 Å². The molecular formula is C11H10ClNO4. The van der Waals surface area contributed by atoms with Crippen LogP contribution in [-0.4, -0.2) is 24.1 Å². The molecule has 0 unspecified atom stereocenters. The Balaban J connectivity index is 2.77. The van der Waals surface area contributed by atoms with Crippen LogP contribution in [0.15, 0.2) is 30.4 Å². The molecule has 0 aromatic heterocycles. The summed E-state index contributed by atoms with van der Waals surface area (Å²) >= 11 is 5.80. The van der Waals surface area contributed by atoms with Gasteiger partial charge in [0.05, 0.1) is 7.11 Å². The first-order valence-electron chi connectivity index (χ1n) is 4.58. The summed E-state index contributed by atoms with van der Waals surface area (Å²) in [6.45, 7) is 0. The van der Waals surface area contributed by atoms with Crippen LogP contribution in [0.5, 0.6) is 5.75 Å². The van der Waals surface area contributed by atoms with Gasteiger partial charge in [-0.15, -0.1) is 0 Å². The lowest BCUT2D eigenvalue weighted by Gasteiger charge is -2.06. The zero-order valence-corrected chi connectivity index (χ0v) is 9.69. The topological polar surface area (TPSA) is 75.6 Å². The van der Waals surface area contributed by atoms with Crippen molar-refractivity contribution in [3.63, 3.8) is 0 Å². The van der Waals surface area contributed by atoms with Gasteiger partial charge >= 0.3 is 5.97 Å². The smallest absolute Gasteiger partial charge is 0.328 e. The van der Waals surface area contributed by atoms with E-state index >= 15 is 0 Å². The number of anilines is 1. The number of aliphatic carboxylic acids is 1. The number of carboxylic acid groups (broad SMARTS) is 1. The third-order valence-corrected chi connectivity index (χ3v) is 1.97. The third kappa shape index (κ3) is 4.56. The highest BCUT2D eigenvalue weighted by molar-refractivity contribution is 6.31. The van der Waals surface area contributed by atoms with Crippen LogP contribution in [0.3, 0.4) is 0 Å². The maximum atomic E-state index is 11.3. The van der Waals surface area contributed by atoms with Gasteiger partial charge in [-0.25, -0.2) is 4.79 Å². The van der Waals surface area contributed by atoms with Gasteiger partial charge in [0.2, 0.25) is 5.91 Å². The highest BCUT2D eigenvalue weighted by Crippen LogP contribution is 2.23. The van der Waals surface area contributed by atoms with Crippen molar-refractivity contribution in [2.75, 3.05) is 12.4 Å². The lowest BCUT2D eigenvalue weighted by Crippen LogP contribution is -2.08. The Bertz CT molecular complexity index is 471. The molecule has 5 nitrogen and oxygen atoms in total. The van der Waals surface area contributed by atoms with Gasteiger partial charge in [-0.2, -0.15) is 0 Å². The van der Waals surface area contributed by atoms with Crippen molar-refractivity contribution >= 4 is 29.2 Å². The van der Waals surface area contributed by atoms with E-state index in [4.69, 9.17) is 21.4 Å². The number of carboxylic acids is 1. The van der Waals surface area contributed by atoms with Gasteiger partial charge in [0.25, 0.3) is 0 Å². The molecule has 0 aliphatic carbocycles. The second-order valence-electron chi connectivity index (χ2n) is 3.04. The van der Waals surface area contributed by atoms with Crippen LogP contribution in [-0.2, 0) is 9.59 Å². The van der Waals surface area contributed by atoms with Crippen molar-refractivity contribution in [2.24, 2.45) is 0 Å². The number of ether oxygens (including phenoxy) is 1. The van der Waals surface area contributed by atoms with Crippen LogP contribution < -0.4 is 10.1 Å². The Hall–Kier alpha value is -2.01. The van der Waals surface area contributed by atoms with Crippen LogP contribution in [0.4, 0.5) is 5.69 Å². The molecular weight excluding hydrogens is 246 g/mol. The van der Waals surface area contributed by atoms with E-state index in [2.05, 4.69) is 5.32 Å². The largest absolute Gasteiger partial charge is 0.497 e. The van der Waals surface area contributed by atoms with Crippen molar-refractivity contribution in [3.8, 4) is 5.75 Å². The van der Waals surface area contributed by atoms with Crippen molar-refractivity contribution in [3.05, 3.63) is 35.4 Å². The van der Waals surface area contributed by atoms with Crippen molar-refractivity contribution in [2.45, 2.75) is 0 Å². The zero-order valence-electron chi connectivity index (χ0n) is 8.94. The number of hydrogen-bond acceptors (Lipinski definition) is 3. The number of rotatable bonds is 4. The molecule has 0 saturated carbocycles. The predicted octanol–water partition coefficient (Wildman–Crippen LogP) is 1.93. The molecule has 1 aromatic rings. The molecule has 0 radical (unpaired) electrons. The summed E-state index contributed by atoms with van der Waals surface area (Å²) in [7, 11) is 1.47. The van der Waals surface area contributed by atoms with Gasteiger partial charge in [0, 0.05) is 28.9 Å². The van der Waals surface area contributed by atoms with Crippen molar-refractivity contribution < 1.29 is 19.4 Å². The van der Waals surface area contributed by atoms with Crippen LogP contribution in [0.1, 0.15) is 0 Å². The van der Waals surface area contributed by atoms with Crippen LogP contribution in [0.25, 0.3) is 0 Å². The first-order chi connectivity index (χ1) is 8.01. The number of hydrogen-bond donors (Lipinski definition) is 2. The highest BCUT2D eigenvalue weighted by Gasteiger charge is 2.02. The summed E-state index contributed by atoms with van der Waals surface area (Å²) in [5.74, 6) is -1.25. The number of carbonyl (C=O) groups is 2. The zero-order chi connectivity index (χ0) is 12.8. The van der Waals surface area contributed by atoms with E-state index in [1.54, 1.807) is 12.1 Å². The first kappa shape index (κ1) is 13.1. The monoisotopic (exact) mass is 255 g/mol. The number of benzene rings is 1. The van der Waals surface area contributed by atoms with Crippen LogP contribution in [0, 0.1) is 0 Å². The normalized spacial score (nSPS) is 10.2. The second-order valence-corrected chi connectivity index (χ2v) is 3.48. The molecule has 0 fully saturated rings. The molecule has 1 aromatic carbocycles.